The lowest BCUT2D eigenvalue weighted by atomic mass is 9.92. The van der Waals surface area contributed by atoms with Crippen molar-refractivity contribution in [1.29, 1.82) is 0 Å². The molecule has 4 nitrogen and oxygen atoms in total. The van der Waals surface area contributed by atoms with E-state index in [9.17, 15) is 0 Å². The summed E-state index contributed by atoms with van der Waals surface area (Å²) in [6.45, 7) is 0. The summed E-state index contributed by atoms with van der Waals surface area (Å²) >= 11 is 5.40. The second kappa shape index (κ2) is 14.6. The molecule has 0 radical (unpaired) electrons. The molecule has 13 aromatic rings. The smallest absolute Gasteiger partial charge is 0.143 e. The predicted molar refractivity (Wildman–Crippen MR) is 269 cm³/mol. The molecule has 0 atom stereocenters. The first kappa shape index (κ1) is 36.3. The van der Waals surface area contributed by atoms with Gasteiger partial charge in [0.1, 0.15) is 10.3 Å². The van der Waals surface area contributed by atoms with E-state index in [1.807, 2.05) is 59.6 Å². The van der Waals surface area contributed by atoms with Crippen molar-refractivity contribution < 1.29 is 0 Å². The van der Waals surface area contributed by atoms with Crippen LogP contribution in [0.25, 0.3) is 128 Å². The summed E-state index contributed by atoms with van der Waals surface area (Å²) in [5, 5.41) is 5.88. The van der Waals surface area contributed by atoms with Gasteiger partial charge >= 0.3 is 0 Å². The number of rotatable bonds is 6. The maximum atomic E-state index is 5.78. The average Bonchev–Trinajstić information content (AvgIpc) is 4.05. The van der Waals surface area contributed by atoms with E-state index in [1.54, 1.807) is 11.3 Å². The molecule has 0 aliphatic heterocycles. The highest BCUT2D eigenvalue weighted by Gasteiger charge is 2.25. The van der Waals surface area contributed by atoms with Gasteiger partial charge in [0.2, 0.25) is 0 Å². The van der Waals surface area contributed by atoms with Crippen LogP contribution in [0.4, 0.5) is 0 Å². The van der Waals surface area contributed by atoms with Crippen molar-refractivity contribution in [3.05, 3.63) is 195 Å². The zero-order chi connectivity index (χ0) is 41.4. The van der Waals surface area contributed by atoms with Crippen molar-refractivity contribution in [2.24, 2.45) is 0 Å². The minimum absolute atomic E-state index is 0.874. The molecule has 0 aliphatic carbocycles. The van der Waals surface area contributed by atoms with E-state index in [-0.39, 0.29) is 0 Å². The van der Waals surface area contributed by atoms with E-state index in [4.69, 9.17) is 9.97 Å². The largest absolute Gasteiger partial charge is 0.264 e. The van der Waals surface area contributed by atoms with Crippen molar-refractivity contribution in [3.8, 4) is 67.0 Å². The molecule has 6 aromatic heterocycles. The fraction of sp³-hybridized carbons (Fsp3) is 0. The summed E-state index contributed by atoms with van der Waals surface area (Å²) in [7, 11) is 0. The summed E-state index contributed by atoms with van der Waals surface area (Å²) in [5.74, 6) is 0. The summed E-state index contributed by atoms with van der Waals surface area (Å²) < 4.78 is 6.08. The third-order valence-electron chi connectivity index (χ3n) is 12.1. The first-order valence-corrected chi connectivity index (χ1v) is 23.3. The molecule has 63 heavy (non-hydrogen) atoms. The molecule has 0 bridgehead atoms. The Morgan fingerprint density at radius 1 is 0.333 bits per heavy atom. The third kappa shape index (κ3) is 5.93. The number of benzene rings is 7. The average molecular weight is 857 g/mol. The molecule has 7 heteroatoms. The predicted octanol–water partition coefficient (Wildman–Crippen LogP) is 16.4. The Hall–Kier alpha value is -7.42. The van der Waals surface area contributed by atoms with Gasteiger partial charge < -0.3 is 0 Å². The van der Waals surface area contributed by atoms with Gasteiger partial charge in [-0.05, 0) is 75.8 Å². The van der Waals surface area contributed by atoms with Gasteiger partial charge in [-0.15, -0.1) is 34.0 Å². The van der Waals surface area contributed by atoms with Gasteiger partial charge in [0.05, 0.1) is 11.4 Å². The molecule has 0 saturated carbocycles. The number of fused-ring (bicyclic) bond motifs is 9. The van der Waals surface area contributed by atoms with E-state index in [2.05, 4.69) is 168 Å². The zero-order valence-corrected chi connectivity index (χ0v) is 35.9. The molecule has 13 rings (SSSR count). The summed E-state index contributed by atoms with van der Waals surface area (Å²) in [6, 6.07) is 61.2. The number of pyridine rings is 2. The van der Waals surface area contributed by atoms with Crippen LogP contribution in [0.15, 0.2) is 195 Å². The highest BCUT2D eigenvalue weighted by Crippen LogP contribution is 2.51. The van der Waals surface area contributed by atoms with Crippen LogP contribution in [0, 0.1) is 0 Å². The first-order valence-electron chi connectivity index (χ1n) is 20.8. The van der Waals surface area contributed by atoms with Gasteiger partial charge in [-0.25, -0.2) is 9.97 Å². The highest BCUT2D eigenvalue weighted by atomic mass is 32.1. The summed E-state index contributed by atoms with van der Waals surface area (Å²) in [4.78, 5) is 21.4. The van der Waals surface area contributed by atoms with E-state index in [0.717, 1.165) is 60.5 Å². The molecule has 6 heterocycles. The molecule has 294 valence electrons. The van der Waals surface area contributed by atoms with Crippen LogP contribution in [0.1, 0.15) is 0 Å². The van der Waals surface area contributed by atoms with E-state index >= 15 is 0 Å². The second-order valence-electron chi connectivity index (χ2n) is 15.7. The van der Waals surface area contributed by atoms with Crippen LogP contribution >= 0.6 is 34.0 Å². The molecule has 7 aromatic carbocycles. The molecular formula is C56H32N4S3. The second-order valence-corrected chi connectivity index (χ2v) is 18.9. The number of hydrogen-bond acceptors (Lipinski definition) is 7. The zero-order valence-electron chi connectivity index (χ0n) is 33.5. The normalized spacial score (nSPS) is 11.8. The molecule has 0 N–H and O–H groups in total. The summed E-state index contributed by atoms with van der Waals surface area (Å²) in [5.41, 5.74) is 14.0. The SMILES string of the molecule is c1ccc(-c2ccc(-c3nc4sc5ccccc5c4nc3-c3ccc(-c4ccccc4)c4sc5ccc(-c6cccnc6)cc5c34)c3c2sc2ccc(-c4cccnc4)cc23)cc1. The van der Waals surface area contributed by atoms with Crippen molar-refractivity contribution in [2.75, 3.05) is 0 Å². The fourth-order valence-electron chi connectivity index (χ4n) is 9.17. The molecule has 0 fully saturated rings. The van der Waals surface area contributed by atoms with Crippen LogP contribution in [-0.4, -0.2) is 19.9 Å². The van der Waals surface area contributed by atoms with E-state index in [1.165, 1.54) is 67.3 Å². The standard InChI is InChI=1S/C56H32N4S3/c1-3-11-33(12-4-1)39-21-23-42(49-44-29-35(37-15-9-27-57-31-37)19-25-47(44)61-54(39)49)51-52(60-56-53(59-51)41-17-7-8-18-46(41)63-56)43-24-22-40(34-13-5-2-6-14-34)55-50(43)45-30-36(20-26-48(45)62-55)38-16-10-28-58-32-38/h1-32H. The van der Waals surface area contributed by atoms with Crippen molar-refractivity contribution in [2.45, 2.75) is 0 Å². The Balaban J connectivity index is 1.17. The number of nitrogens with zero attached hydrogens (tertiary/aromatic N) is 4. The molecular weight excluding hydrogens is 825 g/mol. The lowest BCUT2D eigenvalue weighted by molar-refractivity contribution is 1.33. The summed E-state index contributed by atoms with van der Waals surface area (Å²) in [6.07, 6.45) is 7.55. The topological polar surface area (TPSA) is 51.6 Å². The van der Waals surface area contributed by atoms with Gasteiger partial charge in [-0.1, -0.05) is 127 Å². The number of hydrogen-bond donors (Lipinski definition) is 0. The monoisotopic (exact) mass is 856 g/mol. The molecule has 0 amide bonds. The van der Waals surface area contributed by atoms with Crippen LogP contribution in [0.2, 0.25) is 0 Å². The Bertz CT molecular complexity index is 3890. The Kier molecular flexibility index (Phi) is 8.40. The van der Waals surface area contributed by atoms with Crippen LogP contribution < -0.4 is 0 Å². The van der Waals surface area contributed by atoms with Gasteiger partial charge in [-0.2, -0.15) is 0 Å². The minimum atomic E-state index is 0.874. The lowest BCUT2D eigenvalue weighted by Gasteiger charge is -2.15. The van der Waals surface area contributed by atoms with Gasteiger partial charge in [0, 0.05) is 97.5 Å². The van der Waals surface area contributed by atoms with Gasteiger partial charge in [0.15, 0.2) is 0 Å². The van der Waals surface area contributed by atoms with Crippen molar-refractivity contribution >= 4 is 94.8 Å². The first-order chi connectivity index (χ1) is 31.2. The fourth-order valence-corrected chi connectivity index (χ4v) is 12.7. The maximum absolute atomic E-state index is 5.78. The van der Waals surface area contributed by atoms with Crippen molar-refractivity contribution in [1.82, 2.24) is 19.9 Å². The lowest BCUT2D eigenvalue weighted by Crippen LogP contribution is -1.96. The van der Waals surface area contributed by atoms with Gasteiger partial charge in [0.25, 0.3) is 0 Å². The highest BCUT2D eigenvalue weighted by molar-refractivity contribution is 7.27. The maximum Gasteiger partial charge on any atom is 0.143 e. The third-order valence-corrected chi connectivity index (χ3v) is 15.6. The molecule has 0 aliphatic rings. The van der Waals surface area contributed by atoms with E-state index < -0.39 is 0 Å². The number of thiophene rings is 3. The molecule has 0 saturated heterocycles. The van der Waals surface area contributed by atoms with Crippen LogP contribution in [-0.2, 0) is 0 Å². The van der Waals surface area contributed by atoms with Gasteiger partial charge in [-0.3, -0.25) is 9.97 Å². The van der Waals surface area contributed by atoms with E-state index in [0.29, 0.717) is 0 Å². The Morgan fingerprint density at radius 3 is 1.35 bits per heavy atom. The molecule has 0 unspecified atom stereocenters. The molecule has 0 spiro atoms. The van der Waals surface area contributed by atoms with Crippen molar-refractivity contribution in [3.63, 3.8) is 0 Å². The quantitative estimate of drug-likeness (QED) is 0.167. The van der Waals surface area contributed by atoms with Crippen LogP contribution in [0.3, 0.4) is 0 Å². The Morgan fingerprint density at radius 2 is 0.810 bits per heavy atom. The number of aromatic nitrogens is 4. The Labute approximate surface area is 374 Å². The minimum Gasteiger partial charge on any atom is -0.264 e. The van der Waals surface area contributed by atoms with Crippen LogP contribution in [0.5, 0.6) is 0 Å².